The predicted molar refractivity (Wildman–Crippen MR) is 94.4 cm³/mol. The van der Waals surface area contributed by atoms with Crippen LogP contribution in [-0.2, 0) is 9.53 Å². The molecule has 1 N–H and O–H groups in total. The summed E-state index contributed by atoms with van der Waals surface area (Å²) in [4.78, 5) is 29.1. The topological polar surface area (TPSA) is 61.9 Å². The molecule has 2 bridgehead atoms. The van der Waals surface area contributed by atoms with Gasteiger partial charge in [-0.15, -0.1) is 0 Å². The van der Waals surface area contributed by atoms with Gasteiger partial charge in [0.2, 0.25) is 5.91 Å². The number of morpholine rings is 1. The predicted octanol–water partition coefficient (Wildman–Crippen LogP) is 2.24. The number of carbonyl (C=O) groups excluding carboxylic acids is 2. The van der Waals surface area contributed by atoms with Crippen LogP contribution in [0.1, 0.15) is 24.8 Å². The summed E-state index contributed by atoms with van der Waals surface area (Å²) >= 11 is 0. The van der Waals surface area contributed by atoms with Crippen LogP contribution in [0.25, 0.3) is 0 Å². The van der Waals surface area contributed by atoms with Gasteiger partial charge < -0.3 is 19.9 Å². The number of rotatable bonds is 2. The van der Waals surface area contributed by atoms with E-state index >= 15 is 0 Å². The van der Waals surface area contributed by atoms with Crippen LogP contribution in [0, 0.1) is 12.8 Å². The summed E-state index contributed by atoms with van der Waals surface area (Å²) in [6.07, 6.45) is 2.72. The van der Waals surface area contributed by atoms with Crippen LogP contribution in [0.5, 0.6) is 0 Å². The first-order valence-electron chi connectivity index (χ1n) is 9.17. The molecule has 25 heavy (non-hydrogen) atoms. The molecule has 6 nitrogen and oxygen atoms in total. The third kappa shape index (κ3) is 3.23. The Labute approximate surface area is 148 Å². The number of urea groups is 1. The van der Waals surface area contributed by atoms with Gasteiger partial charge in [0.15, 0.2) is 0 Å². The fourth-order valence-corrected chi connectivity index (χ4v) is 4.16. The van der Waals surface area contributed by atoms with E-state index in [0.29, 0.717) is 13.1 Å². The van der Waals surface area contributed by atoms with E-state index in [1.165, 1.54) is 0 Å². The minimum absolute atomic E-state index is 0.0297. The van der Waals surface area contributed by atoms with Gasteiger partial charge >= 0.3 is 6.03 Å². The maximum Gasteiger partial charge on any atom is 0.322 e. The lowest BCUT2D eigenvalue weighted by molar-refractivity contribution is -0.137. The number of hydrogen-bond donors (Lipinski definition) is 1. The summed E-state index contributed by atoms with van der Waals surface area (Å²) in [5.41, 5.74) is 1.87. The van der Waals surface area contributed by atoms with E-state index in [-0.39, 0.29) is 30.1 Å². The number of para-hydroxylation sites is 1. The molecule has 3 amide bonds. The highest BCUT2D eigenvalue weighted by molar-refractivity contribution is 5.90. The van der Waals surface area contributed by atoms with Crippen LogP contribution in [0.3, 0.4) is 0 Å². The first kappa shape index (κ1) is 16.4. The lowest BCUT2D eigenvalue weighted by Crippen LogP contribution is -2.49. The molecule has 3 saturated heterocycles. The molecule has 3 aliphatic heterocycles. The van der Waals surface area contributed by atoms with Crippen molar-refractivity contribution >= 4 is 17.6 Å². The number of fused-ring (bicyclic) bond motifs is 2. The molecule has 3 heterocycles. The SMILES string of the molecule is Cc1ccccc1NC(=O)N1C[C@@H]2C[C@@H](C(=O)N3CCCC3)[C@H](C1)O2. The van der Waals surface area contributed by atoms with Crippen molar-refractivity contribution in [1.29, 1.82) is 0 Å². The van der Waals surface area contributed by atoms with E-state index in [0.717, 1.165) is 43.6 Å². The number of hydrogen-bond acceptors (Lipinski definition) is 3. The van der Waals surface area contributed by atoms with Crippen LogP contribution >= 0.6 is 0 Å². The van der Waals surface area contributed by atoms with Gasteiger partial charge in [-0.05, 0) is 37.8 Å². The zero-order valence-corrected chi connectivity index (χ0v) is 14.6. The average Bonchev–Trinajstić information content (AvgIpc) is 3.24. The van der Waals surface area contributed by atoms with Crippen molar-refractivity contribution in [3.05, 3.63) is 29.8 Å². The molecule has 0 unspecified atom stereocenters. The molecule has 1 aromatic carbocycles. The van der Waals surface area contributed by atoms with Crippen molar-refractivity contribution in [2.24, 2.45) is 5.92 Å². The lowest BCUT2D eigenvalue weighted by atomic mass is 9.99. The average molecular weight is 343 g/mol. The molecule has 0 saturated carbocycles. The largest absolute Gasteiger partial charge is 0.370 e. The number of aryl methyl sites for hydroxylation is 1. The Bertz CT molecular complexity index is 672. The number of likely N-dealkylation sites (tertiary alicyclic amines) is 2. The number of amides is 3. The second kappa shape index (κ2) is 6.67. The van der Waals surface area contributed by atoms with E-state index in [2.05, 4.69) is 5.32 Å². The highest BCUT2D eigenvalue weighted by Gasteiger charge is 2.47. The molecule has 6 heteroatoms. The summed E-state index contributed by atoms with van der Waals surface area (Å²) < 4.78 is 5.98. The van der Waals surface area contributed by atoms with Crippen molar-refractivity contribution in [2.45, 2.75) is 38.4 Å². The van der Waals surface area contributed by atoms with E-state index < -0.39 is 0 Å². The van der Waals surface area contributed by atoms with Crippen LogP contribution in [-0.4, -0.2) is 60.1 Å². The van der Waals surface area contributed by atoms with Gasteiger partial charge in [0, 0.05) is 31.9 Å². The lowest BCUT2D eigenvalue weighted by Gasteiger charge is -2.33. The summed E-state index contributed by atoms with van der Waals surface area (Å²) in [5.74, 6) is 0.116. The monoisotopic (exact) mass is 343 g/mol. The highest BCUT2D eigenvalue weighted by Crippen LogP contribution is 2.34. The first-order valence-corrected chi connectivity index (χ1v) is 9.17. The molecule has 1 aromatic rings. The molecular weight excluding hydrogens is 318 g/mol. The minimum atomic E-state index is -0.172. The van der Waals surface area contributed by atoms with E-state index in [1.54, 1.807) is 4.90 Å². The van der Waals surface area contributed by atoms with Crippen molar-refractivity contribution in [1.82, 2.24) is 9.80 Å². The normalized spacial score (nSPS) is 28.3. The van der Waals surface area contributed by atoms with Gasteiger partial charge in [-0.1, -0.05) is 18.2 Å². The quantitative estimate of drug-likeness (QED) is 0.896. The molecule has 4 rings (SSSR count). The second-order valence-electron chi connectivity index (χ2n) is 7.32. The van der Waals surface area contributed by atoms with Gasteiger partial charge in [-0.25, -0.2) is 4.79 Å². The molecule has 0 radical (unpaired) electrons. The van der Waals surface area contributed by atoms with E-state index in [9.17, 15) is 9.59 Å². The minimum Gasteiger partial charge on any atom is -0.370 e. The van der Waals surface area contributed by atoms with Gasteiger partial charge in [0.1, 0.15) is 0 Å². The van der Waals surface area contributed by atoms with Crippen LogP contribution in [0.15, 0.2) is 24.3 Å². The highest BCUT2D eigenvalue weighted by atomic mass is 16.5. The van der Waals surface area contributed by atoms with E-state index in [1.807, 2.05) is 36.1 Å². The number of ether oxygens (including phenoxy) is 1. The van der Waals surface area contributed by atoms with Gasteiger partial charge in [0.05, 0.1) is 18.1 Å². The summed E-state index contributed by atoms with van der Waals surface area (Å²) in [5, 5.41) is 2.98. The number of nitrogens with one attached hydrogen (secondary N) is 1. The Balaban J connectivity index is 1.40. The summed E-state index contributed by atoms with van der Waals surface area (Å²) in [6, 6.07) is 7.64. The van der Waals surface area contributed by atoms with Gasteiger partial charge in [-0.2, -0.15) is 0 Å². The van der Waals surface area contributed by atoms with Crippen molar-refractivity contribution in [3.63, 3.8) is 0 Å². The summed E-state index contributed by atoms with van der Waals surface area (Å²) in [6.45, 7) is 4.74. The first-order chi connectivity index (χ1) is 12.1. The fraction of sp³-hybridized carbons (Fsp3) is 0.579. The number of nitrogens with zero attached hydrogens (tertiary/aromatic N) is 2. The zero-order chi connectivity index (χ0) is 17.4. The molecule has 0 spiro atoms. The maximum atomic E-state index is 12.7. The third-order valence-corrected chi connectivity index (χ3v) is 5.57. The maximum absolute atomic E-state index is 12.7. The molecule has 134 valence electrons. The Hall–Kier alpha value is -2.08. The Morgan fingerprint density at radius 2 is 1.88 bits per heavy atom. The molecular formula is C19H25N3O3. The second-order valence-corrected chi connectivity index (χ2v) is 7.32. The van der Waals surface area contributed by atoms with Crippen LogP contribution < -0.4 is 5.32 Å². The van der Waals surface area contributed by atoms with Crippen LogP contribution in [0.4, 0.5) is 10.5 Å². The fourth-order valence-electron chi connectivity index (χ4n) is 4.16. The number of benzene rings is 1. The zero-order valence-electron chi connectivity index (χ0n) is 14.6. The smallest absolute Gasteiger partial charge is 0.322 e. The molecule has 3 fully saturated rings. The Morgan fingerprint density at radius 1 is 1.12 bits per heavy atom. The standard InChI is InChI=1S/C19H25N3O3/c1-13-6-2-3-7-16(13)20-19(24)22-11-14-10-15(17(12-22)25-14)18(23)21-8-4-5-9-21/h2-3,6-7,14-15,17H,4-5,8-12H2,1H3,(H,20,24)/t14-,15+,17-/m0/s1. The summed E-state index contributed by atoms with van der Waals surface area (Å²) in [7, 11) is 0. The van der Waals surface area contributed by atoms with Crippen molar-refractivity contribution in [3.8, 4) is 0 Å². The molecule has 0 aromatic heterocycles. The van der Waals surface area contributed by atoms with E-state index in [4.69, 9.17) is 4.74 Å². The van der Waals surface area contributed by atoms with Gasteiger partial charge in [-0.3, -0.25) is 4.79 Å². The number of anilines is 1. The van der Waals surface area contributed by atoms with Crippen molar-refractivity contribution in [2.75, 3.05) is 31.5 Å². The van der Waals surface area contributed by atoms with Crippen LogP contribution in [0.2, 0.25) is 0 Å². The Morgan fingerprint density at radius 3 is 2.64 bits per heavy atom. The van der Waals surface area contributed by atoms with Gasteiger partial charge in [0.25, 0.3) is 0 Å². The number of carbonyl (C=O) groups is 2. The molecule has 3 atom stereocenters. The molecule has 0 aliphatic carbocycles. The third-order valence-electron chi connectivity index (χ3n) is 5.57. The van der Waals surface area contributed by atoms with Crippen molar-refractivity contribution < 1.29 is 14.3 Å². The molecule has 3 aliphatic rings. The Kier molecular flexibility index (Phi) is 4.37.